The number of nitrogens with zero attached hydrogens (tertiary/aromatic N) is 3. The van der Waals surface area contributed by atoms with Gasteiger partial charge in [0.25, 0.3) is 0 Å². The Labute approximate surface area is 165 Å². The van der Waals surface area contributed by atoms with Crippen molar-refractivity contribution < 1.29 is 26.7 Å². The van der Waals surface area contributed by atoms with E-state index in [4.69, 9.17) is 4.74 Å². The number of rotatable bonds is 3. The maximum absolute atomic E-state index is 13.7. The standard InChI is InChI=1S/C19H17F2N3O4S/c1-10-17-13(19(25)28-2)8-16(11-3-4-14(20)15(21)7-11)22-18(17)24(23-10)12-5-6-29(26,27)9-12/h3-4,7-8,12H,5-6,9H2,1-2H3. The molecule has 4 rings (SSSR count). The number of esters is 1. The van der Waals surface area contributed by atoms with Crippen molar-refractivity contribution in [2.45, 2.75) is 19.4 Å². The lowest BCUT2D eigenvalue weighted by Crippen LogP contribution is -2.13. The molecule has 1 atom stereocenters. The average Bonchev–Trinajstić information content (AvgIpc) is 3.21. The Morgan fingerprint density at radius 2 is 2.00 bits per heavy atom. The number of fused-ring (bicyclic) bond motifs is 1. The number of carbonyl (C=O) groups excluding carboxylic acids is 1. The van der Waals surface area contributed by atoms with Gasteiger partial charge in [0.2, 0.25) is 0 Å². The van der Waals surface area contributed by atoms with Crippen molar-refractivity contribution >= 4 is 26.8 Å². The van der Waals surface area contributed by atoms with Gasteiger partial charge >= 0.3 is 5.97 Å². The van der Waals surface area contributed by atoms with Crippen LogP contribution in [0.3, 0.4) is 0 Å². The largest absolute Gasteiger partial charge is 0.465 e. The number of benzene rings is 1. The van der Waals surface area contributed by atoms with Gasteiger partial charge in [0, 0.05) is 5.56 Å². The van der Waals surface area contributed by atoms with Crippen LogP contribution in [0.5, 0.6) is 0 Å². The van der Waals surface area contributed by atoms with E-state index in [0.717, 1.165) is 12.1 Å². The molecule has 0 amide bonds. The summed E-state index contributed by atoms with van der Waals surface area (Å²) < 4.78 is 57.3. The number of sulfone groups is 1. The van der Waals surface area contributed by atoms with E-state index in [1.165, 1.54) is 23.9 Å². The predicted octanol–water partition coefficient (Wildman–Crippen LogP) is 2.83. The van der Waals surface area contributed by atoms with Crippen molar-refractivity contribution in [3.05, 3.63) is 47.2 Å². The number of aryl methyl sites for hydroxylation is 1. The molecule has 3 heterocycles. The van der Waals surface area contributed by atoms with Gasteiger partial charge in [-0.05, 0) is 37.6 Å². The van der Waals surface area contributed by atoms with E-state index >= 15 is 0 Å². The molecule has 1 saturated heterocycles. The molecule has 7 nitrogen and oxygen atoms in total. The molecule has 3 aromatic rings. The Bertz CT molecular complexity index is 1250. The van der Waals surface area contributed by atoms with Crippen molar-refractivity contribution in [3.8, 4) is 11.3 Å². The molecule has 1 fully saturated rings. The Morgan fingerprint density at radius 3 is 2.62 bits per heavy atom. The fraction of sp³-hybridized carbons (Fsp3) is 0.316. The van der Waals surface area contributed by atoms with E-state index < -0.39 is 33.5 Å². The maximum atomic E-state index is 13.7. The predicted molar refractivity (Wildman–Crippen MR) is 101 cm³/mol. The zero-order chi connectivity index (χ0) is 20.9. The van der Waals surface area contributed by atoms with Gasteiger partial charge < -0.3 is 4.74 Å². The van der Waals surface area contributed by atoms with E-state index in [1.54, 1.807) is 6.92 Å². The van der Waals surface area contributed by atoms with Gasteiger partial charge in [-0.25, -0.2) is 31.7 Å². The van der Waals surface area contributed by atoms with Crippen LogP contribution in [-0.4, -0.2) is 47.8 Å². The first-order valence-electron chi connectivity index (χ1n) is 8.84. The van der Waals surface area contributed by atoms with E-state index in [9.17, 15) is 22.0 Å². The molecule has 1 aromatic carbocycles. The smallest absolute Gasteiger partial charge is 0.338 e. The minimum atomic E-state index is -3.18. The van der Waals surface area contributed by atoms with E-state index in [0.29, 0.717) is 23.1 Å². The normalized spacial score (nSPS) is 18.3. The first-order valence-corrected chi connectivity index (χ1v) is 10.7. The summed E-state index contributed by atoms with van der Waals surface area (Å²) in [7, 11) is -1.95. The van der Waals surface area contributed by atoms with Gasteiger partial charge in [-0.1, -0.05) is 0 Å². The third kappa shape index (κ3) is 3.37. The average molecular weight is 421 g/mol. The summed E-state index contributed by atoms with van der Waals surface area (Å²) in [4.78, 5) is 16.9. The van der Waals surface area contributed by atoms with Crippen LogP contribution < -0.4 is 0 Å². The fourth-order valence-corrected chi connectivity index (χ4v) is 5.30. The first kappa shape index (κ1) is 19.4. The first-order chi connectivity index (χ1) is 13.7. The number of aromatic nitrogens is 3. The minimum Gasteiger partial charge on any atom is -0.465 e. The minimum absolute atomic E-state index is 0.0464. The number of hydrogen-bond donors (Lipinski definition) is 0. The number of pyridine rings is 1. The Morgan fingerprint density at radius 1 is 1.24 bits per heavy atom. The molecule has 0 aliphatic carbocycles. The second kappa shape index (κ2) is 6.87. The van der Waals surface area contributed by atoms with Crippen LogP contribution in [0.1, 0.15) is 28.5 Å². The molecule has 152 valence electrons. The van der Waals surface area contributed by atoms with Crippen LogP contribution in [0.2, 0.25) is 0 Å². The van der Waals surface area contributed by atoms with Crippen molar-refractivity contribution in [1.82, 2.24) is 14.8 Å². The number of carbonyl (C=O) groups is 1. The molecule has 2 aromatic heterocycles. The highest BCUT2D eigenvalue weighted by atomic mass is 32.2. The number of methoxy groups -OCH3 is 1. The van der Waals surface area contributed by atoms with Crippen molar-refractivity contribution in [3.63, 3.8) is 0 Å². The lowest BCUT2D eigenvalue weighted by Gasteiger charge is -2.11. The summed E-state index contributed by atoms with van der Waals surface area (Å²) in [5.41, 5.74) is 1.45. The third-order valence-corrected chi connectivity index (χ3v) is 6.76. The molecule has 0 bridgehead atoms. The summed E-state index contributed by atoms with van der Waals surface area (Å²) >= 11 is 0. The monoisotopic (exact) mass is 421 g/mol. The highest BCUT2D eigenvalue weighted by Gasteiger charge is 2.32. The zero-order valence-electron chi connectivity index (χ0n) is 15.6. The second-order valence-electron chi connectivity index (χ2n) is 6.96. The highest BCUT2D eigenvalue weighted by molar-refractivity contribution is 7.91. The third-order valence-electron chi connectivity index (χ3n) is 5.01. The maximum Gasteiger partial charge on any atom is 0.338 e. The van der Waals surface area contributed by atoms with Crippen molar-refractivity contribution in [1.29, 1.82) is 0 Å². The lowest BCUT2D eigenvalue weighted by molar-refractivity contribution is 0.0603. The van der Waals surface area contributed by atoms with Gasteiger partial charge in [0.1, 0.15) is 0 Å². The molecular weight excluding hydrogens is 404 g/mol. The number of hydrogen-bond acceptors (Lipinski definition) is 6. The summed E-state index contributed by atoms with van der Waals surface area (Å²) in [6.45, 7) is 1.69. The molecule has 29 heavy (non-hydrogen) atoms. The molecule has 1 aliphatic heterocycles. The molecule has 0 radical (unpaired) electrons. The summed E-state index contributed by atoms with van der Waals surface area (Å²) in [6.07, 6.45) is 0.378. The van der Waals surface area contributed by atoms with Crippen molar-refractivity contribution in [2.24, 2.45) is 0 Å². The summed E-state index contributed by atoms with van der Waals surface area (Å²) in [5, 5.41) is 4.87. The molecular formula is C19H17F2N3O4S. The zero-order valence-corrected chi connectivity index (χ0v) is 16.5. The van der Waals surface area contributed by atoms with E-state index in [2.05, 4.69) is 10.1 Å². The molecule has 1 unspecified atom stereocenters. The van der Waals surface area contributed by atoms with Gasteiger partial charge in [-0.15, -0.1) is 0 Å². The van der Waals surface area contributed by atoms with Crippen LogP contribution in [-0.2, 0) is 14.6 Å². The van der Waals surface area contributed by atoms with Crippen LogP contribution in [0.4, 0.5) is 8.78 Å². The van der Waals surface area contributed by atoms with Gasteiger partial charge in [0.15, 0.2) is 27.1 Å². The number of halogens is 2. The topological polar surface area (TPSA) is 91.2 Å². The SMILES string of the molecule is COC(=O)c1cc(-c2ccc(F)c(F)c2)nc2c1c(C)nn2C1CCS(=O)(=O)C1. The van der Waals surface area contributed by atoms with E-state index in [1.807, 2.05) is 0 Å². The molecule has 0 saturated carbocycles. The number of ether oxygens (including phenoxy) is 1. The fourth-order valence-electron chi connectivity index (χ4n) is 3.61. The molecule has 0 N–H and O–H groups in total. The molecule has 0 spiro atoms. The van der Waals surface area contributed by atoms with Crippen LogP contribution in [0.15, 0.2) is 24.3 Å². The Kier molecular flexibility index (Phi) is 4.60. The second-order valence-corrected chi connectivity index (χ2v) is 9.19. The van der Waals surface area contributed by atoms with Crippen LogP contribution in [0.25, 0.3) is 22.3 Å². The summed E-state index contributed by atoms with van der Waals surface area (Å²) in [6, 6.07) is 4.32. The summed E-state index contributed by atoms with van der Waals surface area (Å²) in [5.74, 6) is -2.71. The van der Waals surface area contributed by atoms with Crippen molar-refractivity contribution in [2.75, 3.05) is 18.6 Å². The quantitative estimate of drug-likeness (QED) is 0.604. The Hall–Kier alpha value is -2.88. The van der Waals surface area contributed by atoms with Gasteiger partial charge in [-0.3, -0.25) is 0 Å². The van der Waals surface area contributed by atoms with E-state index in [-0.39, 0.29) is 28.3 Å². The molecule has 1 aliphatic rings. The van der Waals surface area contributed by atoms with Gasteiger partial charge in [-0.2, -0.15) is 5.10 Å². The van der Waals surface area contributed by atoms with Crippen LogP contribution >= 0.6 is 0 Å². The van der Waals surface area contributed by atoms with Gasteiger partial charge in [0.05, 0.1) is 47.0 Å². The van der Waals surface area contributed by atoms with Crippen LogP contribution in [0, 0.1) is 18.6 Å². The molecule has 10 heteroatoms. The Balaban J connectivity index is 1.97. The highest BCUT2D eigenvalue weighted by Crippen LogP contribution is 2.32. The lowest BCUT2D eigenvalue weighted by atomic mass is 10.1.